The highest BCUT2D eigenvalue weighted by molar-refractivity contribution is 7.17. The van der Waals surface area contributed by atoms with Crippen LogP contribution in [0.3, 0.4) is 0 Å². The maximum Gasteiger partial charge on any atom is 0.191 e. The summed E-state index contributed by atoms with van der Waals surface area (Å²) in [5.74, 6) is 1.06. The Hall–Kier alpha value is -0.980. The number of rotatable bonds is 9. The number of hydrogen-bond acceptors (Lipinski definition) is 5. The molecule has 2 heterocycles. The largest absolute Gasteiger partial charge is 0.317 e. The fourth-order valence-corrected chi connectivity index (χ4v) is 5.67. The van der Waals surface area contributed by atoms with Gasteiger partial charge >= 0.3 is 0 Å². The average Bonchev–Trinajstić information content (AvgIpc) is 3.49. The normalized spacial score (nSPS) is 18.5. The molecule has 1 unspecified atom stereocenters. The molecule has 162 valence electrons. The lowest BCUT2D eigenvalue weighted by Gasteiger charge is -2.28. The molecule has 1 saturated heterocycles. The number of nitrogens with one attached hydrogen (secondary N) is 2. The Balaban J connectivity index is 1.53. The number of carbonyl (C=O) groups excluding carboxylic acids is 1. The molecule has 0 amide bonds. The molecule has 4 rings (SSSR count). The molecule has 1 aromatic carbocycles. The fraction of sp³-hybridized carbons (Fsp3) is 0.565. The van der Waals surface area contributed by atoms with E-state index in [0.29, 0.717) is 16.1 Å². The molecule has 30 heavy (non-hydrogen) atoms. The first-order chi connectivity index (χ1) is 14.5. The summed E-state index contributed by atoms with van der Waals surface area (Å²) >= 11 is 14.0. The van der Waals surface area contributed by atoms with E-state index in [1.807, 2.05) is 13.0 Å². The molecule has 1 aliphatic carbocycles. The number of thiazole rings is 1. The zero-order valence-electron chi connectivity index (χ0n) is 17.3. The van der Waals surface area contributed by atoms with E-state index in [0.717, 1.165) is 65.8 Å². The molecular weight excluding hydrogens is 437 g/mol. The van der Waals surface area contributed by atoms with Gasteiger partial charge in [0.05, 0.1) is 21.6 Å². The van der Waals surface area contributed by atoms with Crippen LogP contribution in [0.1, 0.15) is 60.3 Å². The number of nitrogens with zero attached hydrogens (tertiary/aromatic N) is 1. The standard InChI is InChI=1S/C23H29Cl2N3OS/c1-14-22(30-23(27-14)18-13-16(24)7-8-19(18)25)21(29)20(4-2-3-15-5-6-15)28-17-9-11-26-12-10-17/h7-8,13,15,17,20,26,28H,2-6,9-12H2,1H3. The first-order valence-corrected chi connectivity index (χ1v) is 12.5. The Morgan fingerprint density at radius 1 is 1.27 bits per heavy atom. The maximum absolute atomic E-state index is 13.6. The van der Waals surface area contributed by atoms with Crippen molar-refractivity contribution in [1.82, 2.24) is 15.6 Å². The lowest BCUT2D eigenvalue weighted by molar-refractivity contribution is 0.0927. The van der Waals surface area contributed by atoms with Gasteiger partial charge in [-0.05, 0) is 63.4 Å². The van der Waals surface area contributed by atoms with Gasteiger partial charge in [0.1, 0.15) is 5.01 Å². The van der Waals surface area contributed by atoms with Crippen LogP contribution in [0.5, 0.6) is 0 Å². The molecular formula is C23H29Cl2N3OS. The average molecular weight is 466 g/mol. The van der Waals surface area contributed by atoms with Gasteiger partial charge in [0, 0.05) is 16.6 Å². The molecule has 2 N–H and O–H groups in total. The summed E-state index contributed by atoms with van der Waals surface area (Å²) in [6, 6.07) is 5.61. The van der Waals surface area contributed by atoms with Gasteiger partial charge < -0.3 is 10.6 Å². The minimum atomic E-state index is -0.145. The molecule has 2 aromatic rings. The quantitative estimate of drug-likeness (QED) is 0.452. The molecule has 2 aliphatic rings. The molecule has 7 heteroatoms. The minimum absolute atomic E-state index is 0.145. The zero-order chi connectivity index (χ0) is 21.1. The van der Waals surface area contributed by atoms with Crippen LogP contribution in [-0.2, 0) is 0 Å². The molecule has 4 nitrogen and oxygen atoms in total. The van der Waals surface area contributed by atoms with Crippen LogP contribution in [0.25, 0.3) is 10.6 Å². The summed E-state index contributed by atoms with van der Waals surface area (Å²) in [5.41, 5.74) is 1.56. The number of piperidine rings is 1. The van der Waals surface area contributed by atoms with Crippen molar-refractivity contribution in [3.05, 3.63) is 38.8 Å². The molecule has 2 fully saturated rings. The summed E-state index contributed by atoms with van der Waals surface area (Å²) in [4.78, 5) is 19.0. The Labute approximate surface area is 192 Å². The van der Waals surface area contributed by atoms with E-state index in [9.17, 15) is 4.79 Å². The van der Waals surface area contributed by atoms with E-state index >= 15 is 0 Å². The van der Waals surface area contributed by atoms with E-state index in [4.69, 9.17) is 23.2 Å². The molecule has 1 atom stereocenters. The van der Waals surface area contributed by atoms with E-state index in [-0.39, 0.29) is 11.8 Å². The smallest absolute Gasteiger partial charge is 0.191 e. The van der Waals surface area contributed by atoms with Crippen molar-refractivity contribution in [1.29, 1.82) is 0 Å². The van der Waals surface area contributed by atoms with Gasteiger partial charge in [-0.3, -0.25) is 4.79 Å². The number of aryl methyl sites for hydroxylation is 1. The molecule has 1 aromatic heterocycles. The molecule has 0 radical (unpaired) electrons. The Morgan fingerprint density at radius 2 is 2.03 bits per heavy atom. The van der Waals surface area contributed by atoms with Crippen molar-refractivity contribution < 1.29 is 4.79 Å². The third-order valence-electron chi connectivity index (χ3n) is 6.07. The van der Waals surface area contributed by atoms with Crippen molar-refractivity contribution in [2.75, 3.05) is 13.1 Å². The summed E-state index contributed by atoms with van der Waals surface area (Å²) < 4.78 is 0. The number of ketones is 1. The second kappa shape index (κ2) is 10.1. The summed E-state index contributed by atoms with van der Waals surface area (Å²) in [5, 5.41) is 9.05. The van der Waals surface area contributed by atoms with Crippen LogP contribution < -0.4 is 10.6 Å². The van der Waals surface area contributed by atoms with Gasteiger partial charge in [-0.1, -0.05) is 48.9 Å². The van der Waals surface area contributed by atoms with Gasteiger partial charge in [0.25, 0.3) is 0 Å². The number of aromatic nitrogens is 1. The first-order valence-electron chi connectivity index (χ1n) is 10.9. The van der Waals surface area contributed by atoms with E-state index in [1.165, 1.54) is 30.6 Å². The Bertz CT molecular complexity index is 891. The predicted octanol–water partition coefficient (Wildman–Crippen LogP) is 5.90. The second-order valence-electron chi connectivity index (χ2n) is 8.54. The number of carbonyl (C=O) groups is 1. The van der Waals surface area contributed by atoms with Gasteiger partial charge in [0.2, 0.25) is 0 Å². The van der Waals surface area contributed by atoms with Crippen LogP contribution in [0, 0.1) is 12.8 Å². The number of hydrogen-bond donors (Lipinski definition) is 2. The van der Waals surface area contributed by atoms with Crippen LogP contribution in [-0.4, -0.2) is 35.9 Å². The van der Waals surface area contributed by atoms with E-state index in [2.05, 4.69) is 15.6 Å². The predicted molar refractivity (Wildman–Crippen MR) is 126 cm³/mol. The number of benzene rings is 1. The molecule has 1 aliphatic heterocycles. The second-order valence-corrected chi connectivity index (χ2v) is 10.4. The van der Waals surface area contributed by atoms with Gasteiger partial charge in [-0.15, -0.1) is 11.3 Å². The molecule has 1 saturated carbocycles. The first kappa shape index (κ1) is 22.2. The Morgan fingerprint density at radius 3 is 2.77 bits per heavy atom. The van der Waals surface area contributed by atoms with E-state index < -0.39 is 0 Å². The molecule has 0 spiro atoms. The monoisotopic (exact) mass is 465 g/mol. The summed E-state index contributed by atoms with van der Waals surface area (Å²) in [7, 11) is 0. The zero-order valence-corrected chi connectivity index (χ0v) is 19.7. The highest BCUT2D eigenvalue weighted by Gasteiger charge is 2.29. The maximum atomic E-state index is 13.6. The lowest BCUT2D eigenvalue weighted by Crippen LogP contribution is -2.47. The van der Waals surface area contributed by atoms with Crippen LogP contribution in [0.4, 0.5) is 0 Å². The van der Waals surface area contributed by atoms with Crippen LogP contribution >= 0.6 is 34.5 Å². The third kappa shape index (κ3) is 5.63. The van der Waals surface area contributed by atoms with Crippen LogP contribution in [0.15, 0.2) is 18.2 Å². The van der Waals surface area contributed by atoms with Crippen molar-refractivity contribution >= 4 is 40.3 Å². The van der Waals surface area contributed by atoms with Crippen molar-refractivity contribution in [2.45, 2.75) is 64.0 Å². The minimum Gasteiger partial charge on any atom is -0.317 e. The Kier molecular flexibility index (Phi) is 7.48. The molecule has 0 bridgehead atoms. The lowest BCUT2D eigenvalue weighted by atomic mass is 9.98. The van der Waals surface area contributed by atoms with Gasteiger partial charge in [-0.25, -0.2) is 4.98 Å². The highest BCUT2D eigenvalue weighted by Crippen LogP contribution is 2.36. The van der Waals surface area contributed by atoms with Gasteiger partial charge in [-0.2, -0.15) is 0 Å². The SMILES string of the molecule is Cc1nc(-c2cc(Cl)ccc2Cl)sc1C(=O)C(CCCC1CC1)NC1CCNCC1. The summed E-state index contributed by atoms with van der Waals surface area (Å²) in [6.45, 7) is 3.94. The number of halogens is 2. The number of Topliss-reactive ketones (excluding diaryl/α,β-unsaturated/α-hetero) is 1. The van der Waals surface area contributed by atoms with Crippen molar-refractivity contribution in [3.63, 3.8) is 0 Å². The van der Waals surface area contributed by atoms with Crippen molar-refractivity contribution in [2.24, 2.45) is 5.92 Å². The topological polar surface area (TPSA) is 54.0 Å². The highest BCUT2D eigenvalue weighted by atomic mass is 35.5. The van der Waals surface area contributed by atoms with E-state index in [1.54, 1.807) is 12.1 Å². The summed E-state index contributed by atoms with van der Waals surface area (Å²) in [6.07, 6.45) is 8.08. The fourth-order valence-electron chi connectivity index (χ4n) is 4.14. The van der Waals surface area contributed by atoms with Gasteiger partial charge in [0.15, 0.2) is 5.78 Å². The van der Waals surface area contributed by atoms with Crippen molar-refractivity contribution in [3.8, 4) is 10.6 Å². The van der Waals surface area contributed by atoms with Crippen LogP contribution in [0.2, 0.25) is 10.0 Å². The third-order valence-corrected chi connectivity index (χ3v) is 7.84.